The maximum Gasteiger partial charge on any atom is 0.193 e. The van der Waals surface area contributed by atoms with Crippen molar-refractivity contribution in [3.05, 3.63) is 34.3 Å². The van der Waals surface area contributed by atoms with Crippen LogP contribution in [-0.2, 0) is 10.2 Å². The van der Waals surface area contributed by atoms with Gasteiger partial charge >= 0.3 is 0 Å². The zero-order valence-electron chi connectivity index (χ0n) is 15.3. The van der Waals surface area contributed by atoms with Gasteiger partial charge in [0.15, 0.2) is 5.96 Å². The van der Waals surface area contributed by atoms with Gasteiger partial charge in [0.25, 0.3) is 0 Å². The Balaban J connectivity index is 2.06. The Hall–Kier alpha value is -1.07. The zero-order valence-corrected chi connectivity index (χ0v) is 16.9. The summed E-state index contributed by atoms with van der Waals surface area (Å²) in [5.41, 5.74) is 1.32. The number of guanidine groups is 1. The van der Waals surface area contributed by atoms with Crippen molar-refractivity contribution in [2.75, 3.05) is 39.9 Å². The lowest BCUT2D eigenvalue weighted by atomic mass is 9.85. The predicted molar refractivity (Wildman–Crippen MR) is 105 cm³/mol. The Morgan fingerprint density at radius 1 is 1.38 bits per heavy atom. The van der Waals surface area contributed by atoms with Gasteiger partial charge in [0.2, 0.25) is 0 Å². The van der Waals surface area contributed by atoms with Crippen LogP contribution >= 0.6 is 15.9 Å². The number of hydrogen-bond acceptors (Lipinski definition) is 2. The Labute approximate surface area is 154 Å². The van der Waals surface area contributed by atoms with Crippen molar-refractivity contribution in [3.63, 3.8) is 0 Å². The van der Waals surface area contributed by atoms with Gasteiger partial charge in [0, 0.05) is 42.5 Å². The number of hydrogen-bond donors (Lipinski definition) is 1. The fourth-order valence-corrected chi connectivity index (χ4v) is 3.35. The minimum atomic E-state index is 0.00697. The molecule has 0 bridgehead atoms. The number of nitrogens with zero attached hydrogens (tertiary/aromatic N) is 2. The number of benzene rings is 1. The molecule has 0 saturated carbocycles. The second kappa shape index (κ2) is 8.86. The molecule has 0 aliphatic carbocycles. The highest BCUT2D eigenvalue weighted by molar-refractivity contribution is 9.10. The van der Waals surface area contributed by atoms with Crippen LogP contribution in [0.1, 0.15) is 32.8 Å². The summed E-state index contributed by atoms with van der Waals surface area (Å²) in [7, 11) is 1.78. The number of halogens is 1. The third kappa shape index (κ3) is 5.21. The van der Waals surface area contributed by atoms with Crippen molar-refractivity contribution in [1.29, 1.82) is 0 Å². The van der Waals surface area contributed by atoms with E-state index < -0.39 is 0 Å². The first kappa shape index (κ1) is 19.3. The van der Waals surface area contributed by atoms with Gasteiger partial charge in [-0.15, -0.1) is 0 Å². The molecule has 4 nitrogen and oxygen atoms in total. The SMILES string of the molecule is CCNC(=NCC(C)(C)c1ccc(Br)cc1)N1CCC(COC)C1. The molecule has 1 atom stereocenters. The summed E-state index contributed by atoms with van der Waals surface area (Å²) in [5.74, 6) is 1.64. The number of ether oxygens (including phenoxy) is 1. The van der Waals surface area contributed by atoms with E-state index in [0.29, 0.717) is 5.92 Å². The molecular formula is C19H30BrN3O. The molecular weight excluding hydrogens is 366 g/mol. The van der Waals surface area contributed by atoms with E-state index in [0.717, 1.165) is 43.2 Å². The second-order valence-corrected chi connectivity index (χ2v) is 8.03. The van der Waals surface area contributed by atoms with Crippen LogP contribution in [0, 0.1) is 5.92 Å². The van der Waals surface area contributed by atoms with Crippen molar-refractivity contribution in [2.24, 2.45) is 10.9 Å². The van der Waals surface area contributed by atoms with Gasteiger partial charge in [0.05, 0.1) is 13.2 Å². The fraction of sp³-hybridized carbons (Fsp3) is 0.632. The third-order valence-electron chi connectivity index (χ3n) is 4.57. The van der Waals surface area contributed by atoms with Crippen molar-refractivity contribution in [2.45, 2.75) is 32.6 Å². The fourth-order valence-electron chi connectivity index (χ4n) is 3.09. The highest BCUT2D eigenvalue weighted by Gasteiger charge is 2.26. The molecule has 1 unspecified atom stereocenters. The Kier molecular flexibility index (Phi) is 7.11. The highest BCUT2D eigenvalue weighted by atomic mass is 79.9. The molecule has 2 rings (SSSR count). The molecule has 0 spiro atoms. The second-order valence-electron chi connectivity index (χ2n) is 7.12. The molecule has 5 heteroatoms. The van der Waals surface area contributed by atoms with E-state index in [1.807, 2.05) is 0 Å². The van der Waals surface area contributed by atoms with Crippen molar-refractivity contribution >= 4 is 21.9 Å². The molecule has 0 aromatic heterocycles. The first-order valence-electron chi connectivity index (χ1n) is 8.74. The molecule has 0 radical (unpaired) electrons. The molecule has 134 valence electrons. The van der Waals surface area contributed by atoms with E-state index in [1.54, 1.807) is 7.11 Å². The molecule has 0 amide bonds. The molecule has 24 heavy (non-hydrogen) atoms. The standard InChI is InChI=1S/C19H30BrN3O/c1-5-21-18(23-11-10-15(12-23)13-24-4)22-14-19(2,3)16-6-8-17(20)9-7-16/h6-9,15H,5,10-14H2,1-4H3,(H,21,22). The highest BCUT2D eigenvalue weighted by Crippen LogP contribution is 2.25. The van der Waals surface area contributed by atoms with E-state index in [9.17, 15) is 0 Å². The maximum absolute atomic E-state index is 5.30. The summed E-state index contributed by atoms with van der Waals surface area (Å²) in [6.07, 6.45) is 1.17. The average molecular weight is 396 g/mol. The summed E-state index contributed by atoms with van der Waals surface area (Å²) in [5, 5.41) is 3.45. The minimum Gasteiger partial charge on any atom is -0.384 e. The smallest absolute Gasteiger partial charge is 0.193 e. The molecule has 1 N–H and O–H groups in total. The van der Waals surface area contributed by atoms with Gasteiger partial charge in [-0.25, -0.2) is 0 Å². The monoisotopic (exact) mass is 395 g/mol. The number of rotatable bonds is 6. The van der Waals surface area contributed by atoms with Crippen molar-refractivity contribution in [3.8, 4) is 0 Å². The summed E-state index contributed by atoms with van der Waals surface area (Å²) < 4.78 is 6.42. The summed E-state index contributed by atoms with van der Waals surface area (Å²) in [6.45, 7) is 11.2. The van der Waals surface area contributed by atoms with Gasteiger partial charge in [0.1, 0.15) is 0 Å². The predicted octanol–water partition coefficient (Wildman–Crippen LogP) is 3.66. The van der Waals surface area contributed by atoms with Crippen LogP contribution < -0.4 is 5.32 Å². The Morgan fingerprint density at radius 3 is 2.71 bits per heavy atom. The van der Waals surface area contributed by atoms with Crippen LogP contribution in [0.4, 0.5) is 0 Å². The molecule has 1 heterocycles. The number of nitrogens with one attached hydrogen (secondary N) is 1. The van der Waals surface area contributed by atoms with E-state index >= 15 is 0 Å². The normalized spacial score (nSPS) is 19.0. The van der Waals surface area contributed by atoms with Crippen molar-refractivity contribution in [1.82, 2.24) is 10.2 Å². The van der Waals surface area contributed by atoms with Gasteiger partial charge in [-0.3, -0.25) is 4.99 Å². The van der Waals surface area contributed by atoms with Crippen LogP contribution in [0.5, 0.6) is 0 Å². The van der Waals surface area contributed by atoms with Crippen LogP contribution in [-0.4, -0.2) is 50.8 Å². The van der Waals surface area contributed by atoms with E-state index in [4.69, 9.17) is 9.73 Å². The number of likely N-dealkylation sites (tertiary alicyclic amines) is 1. The van der Waals surface area contributed by atoms with E-state index in [2.05, 4.69) is 71.2 Å². The first-order chi connectivity index (χ1) is 11.5. The van der Waals surface area contributed by atoms with Crippen LogP contribution in [0.25, 0.3) is 0 Å². The molecule has 1 fully saturated rings. The molecule has 1 aromatic carbocycles. The van der Waals surface area contributed by atoms with Gasteiger partial charge < -0.3 is 15.0 Å². The average Bonchev–Trinajstić information content (AvgIpc) is 3.01. The summed E-state index contributed by atoms with van der Waals surface area (Å²) >= 11 is 3.50. The third-order valence-corrected chi connectivity index (χ3v) is 5.10. The largest absolute Gasteiger partial charge is 0.384 e. The van der Waals surface area contributed by atoms with E-state index in [1.165, 1.54) is 12.0 Å². The van der Waals surface area contributed by atoms with Gasteiger partial charge in [-0.2, -0.15) is 0 Å². The molecule has 1 saturated heterocycles. The number of aliphatic imine (C=N–C) groups is 1. The molecule has 1 aliphatic rings. The molecule has 1 aromatic rings. The van der Waals surface area contributed by atoms with Crippen molar-refractivity contribution < 1.29 is 4.74 Å². The lowest BCUT2D eigenvalue weighted by Crippen LogP contribution is -2.41. The van der Waals surface area contributed by atoms with Crippen LogP contribution in [0.2, 0.25) is 0 Å². The van der Waals surface area contributed by atoms with E-state index in [-0.39, 0.29) is 5.41 Å². The zero-order chi connectivity index (χ0) is 17.6. The summed E-state index contributed by atoms with van der Waals surface area (Å²) in [6, 6.07) is 8.55. The number of methoxy groups -OCH3 is 1. The van der Waals surface area contributed by atoms with Gasteiger partial charge in [-0.05, 0) is 31.0 Å². The quantitative estimate of drug-likeness (QED) is 0.589. The Morgan fingerprint density at radius 2 is 2.08 bits per heavy atom. The minimum absolute atomic E-state index is 0.00697. The summed E-state index contributed by atoms with van der Waals surface area (Å²) in [4.78, 5) is 7.31. The maximum atomic E-state index is 5.30. The van der Waals surface area contributed by atoms with Crippen LogP contribution in [0.3, 0.4) is 0 Å². The lowest BCUT2D eigenvalue weighted by Gasteiger charge is -2.26. The topological polar surface area (TPSA) is 36.9 Å². The first-order valence-corrected chi connectivity index (χ1v) is 9.54. The van der Waals surface area contributed by atoms with Crippen LogP contribution in [0.15, 0.2) is 33.7 Å². The Bertz CT molecular complexity index is 542. The lowest BCUT2D eigenvalue weighted by molar-refractivity contribution is 0.157. The molecule has 1 aliphatic heterocycles. The van der Waals surface area contributed by atoms with Gasteiger partial charge in [-0.1, -0.05) is 41.9 Å².